The highest BCUT2D eigenvalue weighted by atomic mass is 127. The smallest absolute Gasteiger partial charge is 0.271 e. The van der Waals surface area contributed by atoms with E-state index in [0.29, 0.717) is 12.4 Å². The summed E-state index contributed by atoms with van der Waals surface area (Å²) in [7, 11) is 1.84. The molecule has 1 aromatic heterocycles. The Hall–Kier alpha value is -1.08. The number of hydrogen-bond acceptors (Lipinski definition) is 2. The number of hydrogen-bond donors (Lipinski definition) is 1. The molecule has 2 rings (SSSR count). The minimum Gasteiger partial charge on any atom is -0.351 e. The maximum absolute atomic E-state index is 12.4. The van der Waals surface area contributed by atoms with Crippen molar-refractivity contribution in [3.05, 3.63) is 33.5 Å². The van der Waals surface area contributed by atoms with E-state index in [2.05, 4.69) is 52.4 Å². The van der Waals surface area contributed by atoms with Gasteiger partial charge in [0.15, 0.2) is 0 Å². The summed E-state index contributed by atoms with van der Waals surface area (Å²) in [6, 6.07) is 8.05. The molecule has 0 atom stereocenters. The van der Waals surface area contributed by atoms with Crippen molar-refractivity contribution in [1.29, 1.82) is 0 Å². The number of fused-ring (bicyclic) bond motifs is 1. The van der Waals surface area contributed by atoms with E-state index in [1.807, 2.05) is 25.2 Å². The first kappa shape index (κ1) is 15.3. The lowest BCUT2D eigenvalue weighted by Gasteiger charge is -2.25. The van der Waals surface area contributed by atoms with Crippen LogP contribution in [0, 0.1) is 3.57 Å². The lowest BCUT2D eigenvalue weighted by molar-refractivity contribution is 0.0691. The number of carbonyl (C=O) groups is 1. The van der Waals surface area contributed by atoms with Crippen molar-refractivity contribution in [1.82, 2.24) is 14.8 Å². The number of nitrogens with one attached hydrogen (secondary N) is 1. The topological polar surface area (TPSA) is 39.3 Å². The molecule has 4 nitrogen and oxygen atoms in total. The Morgan fingerprint density at radius 2 is 1.95 bits per heavy atom. The van der Waals surface area contributed by atoms with Crippen LogP contribution in [0.25, 0.3) is 10.9 Å². The van der Waals surface area contributed by atoms with Crippen molar-refractivity contribution < 1.29 is 4.79 Å². The predicted molar refractivity (Wildman–Crippen MR) is 90.9 cm³/mol. The lowest BCUT2D eigenvalue weighted by atomic mass is 10.2. The van der Waals surface area contributed by atoms with E-state index in [1.165, 1.54) is 3.57 Å². The second-order valence-corrected chi connectivity index (χ2v) is 6.11. The van der Waals surface area contributed by atoms with E-state index in [4.69, 9.17) is 0 Å². The molecule has 0 aliphatic rings. The first-order valence-electron chi connectivity index (χ1n) is 6.81. The lowest BCUT2D eigenvalue weighted by Crippen LogP contribution is -2.39. The van der Waals surface area contributed by atoms with Gasteiger partial charge in [-0.25, -0.2) is 0 Å². The highest BCUT2D eigenvalue weighted by Gasteiger charge is 2.16. The quantitative estimate of drug-likeness (QED) is 0.635. The molecule has 0 spiro atoms. The standard InChI is InChI=1S/C15H20IN3O/c1-4-19(5-2)10-18(3)15(20)14-9-11-8-12(16)6-7-13(11)17-14/h6-9,17H,4-5,10H2,1-3H3. The van der Waals surface area contributed by atoms with Crippen molar-refractivity contribution in [3.63, 3.8) is 0 Å². The Labute approximate surface area is 133 Å². The van der Waals surface area contributed by atoms with Gasteiger partial charge in [-0.15, -0.1) is 0 Å². The van der Waals surface area contributed by atoms with Gasteiger partial charge in [-0.1, -0.05) is 13.8 Å². The first-order chi connectivity index (χ1) is 9.55. The van der Waals surface area contributed by atoms with E-state index < -0.39 is 0 Å². The van der Waals surface area contributed by atoms with Crippen LogP contribution in [-0.2, 0) is 0 Å². The fourth-order valence-corrected chi connectivity index (χ4v) is 2.73. The Morgan fingerprint density at radius 3 is 2.60 bits per heavy atom. The van der Waals surface area contributed by atoms with E-state index >= 15 is 0 Å². The number of aromatic amines is 1. The maximum Gasteiger partial charge on any atom is 0.271 e. The van der Waals surface area contributed by atoms with Crippen LogP contribution in [0.5, 0.6) is 0 Å². The molecule has 0 aliphatic heterocycles. The third-order valence-corrected chi connectivity index (χ3v) is 4.14. The van der Waals surface area contributed by atoms with E-state index in [1.54, 1.807) is 4.90 Å². The Morgan fingerprint density at radius 1 is 1.25 bits per heavy atom. The summed E-state index contributed by atoms with van der Waals surface area (Å²) in [4.78, 5) is 19.6. The monoisotopic (exact) mass is 385 g/mol. The van der Waals surface area contributed by atoms with Crippen molar-refractivity contribution in [2.45, 2.75) is 13.8 Å². The molecule has 0 saturated heterocycles. The van der Waals surface area contributed by atoms with E-state index in [9.17, 15) is 4.79 Å². The van der Waals surface area contributed by atoms with E-state index in [-0.39, 0.29) is 5.91 Å². The largest absolute Gasteiger partial charge is 0.351 e. The molecule has 1 aromatic carbocycles. The predicted octanol–water partition coefficient (Wildman–Crippen LogP) is 3.14. The summed E-state index contributed by atoms with van der Waals surface area (Å²) in [6.07, 6.45) is 0. The first-order valence-corrected chi connectivity index (χ1v) is 7.89. The van der Waals surface area contributed by atoms with Crippen LogP contribution in [0.4, 0.5) is 0 Å². The molecule has 0 unspecified atom stereocenters. The zero-order valence-corrected chi connectivity index (χ0v) is 14.3. The molecule has 1 amide bonds. The number of nitrogens with zero attached hydrogens (tertiary/aromatic N) is 2. The van der Waals surface area contributed by atoms with Gasteiger partial charge in [-0.05, 0) is 59.9 Å². The highest BCUT2D eigenvalue weighted by Crippen LogP contribution is 2.19. The molecule has 2 aromatic rings. The Kier molecular flexibility index (Phi) is 5.04. The summed E-state index contributed by atoms with van der Waals surface area (Å²) in [5, 5.41) is 1.08. The van der Waals surface area contributed by atoms with Crippen LogP contribution < -0.4 is 0 Å². The van der Waals surface area contributed by atoms with Gasteiger partial charge in [0.2, 0.25) is 0 Å². The summed E-state index contributed by atoms with van der Waals surface area (Å²) >= 11 is 2.28. The van der Waals surface area contributed by atoms with Crippen LogP contribution in [0.3, 0.4) is 0 Å². The summed E-state index contributed by atoms with van der Waals surface area (Å²) < 4.78 is 1.17. The molecule has 108 valence electrons. The molecule has 0 aliphatic carbocycles. The fraction of sp³-hybridized carbons (Fsp3) is 0.400. The zero-order chi connectivity index (χ0) is 14.7. The van der Waals surface area contributed by atoms with Gasteiger partial charge in [-0.3, -0.25) is 9.69 Å². The molecule has 0 radical (unpaired) electrons. The van der Waals surface area contributed by atoms with Crippen molar-refractivity contribution >= 4 is 39.4 Å². The second-order valence-electron chi connectivity index (χ2n) is 4.86. The Bertz CT molecular complexity index is 604. The fourth-order valence-electron chi connectivity index (χ4n) is 2.21. The normalized spacial score (nSPS) is 11.2. The van der Waals surface area contributed by atoms with Crippen LogP contribution in [-0.4, -0.2) is 47.5 Å². The number of rotatable bonds is 5. The molecule has 5 heteroatoms. The molecule has 1 heterocycles. The third kappa shape index (κ3) is 3.32. The van der Waals surface area contributed by atoms with Crippen LogP contribution in [0.15, 0.2) is 24.3 Å². The molecule has 0 saturated carbocycles. The summed E-state index contributed by atoms with van der Waals surface area (Å²) in [6.45, 7) is 6.75. The minimum absolute atomic E-state index is 0.0307. The van der Waals surface area contributed by atoms with Gasteiger partial charge in [0.1, 0.15) is 5.69 Å². The number of amides is 1. The molecule has 0 fully saturated rings. The van der Waals surface area contributed by atoms with Crippen molar-refractivity contribution in [2.75, 3.05) is 26.8 Å². The van der Waals surface area contributed by atoms with Gasteiger partial charge < -0.3 is 9.88 Å². The van der Waals surface area contributed by atoms with Crippen molar-refractivity contribution in [3.8, 4) is 0 Å². The third-order valence-electron chi connectivity index (χ3n) is 3.47. The molecular formula is C15H20IN3O. The number of benzene rings is 1. The molecular weight excluding hydrogens is 365 g/mol. The average molecular weight is 385 g/mol. The number of carbonyl (C=O) groups excluding carboxylic acids is 1. The number of H-pyrrole nitrogens is 1. The molecule has 1 N–H and O–H groups in total. The summed E-state index contributed by atoms with van der Waals surface area (Å²) in [5.41, 5.74) is 1.65. The number of aromatic nitrogens is 1. The van der Waals surface area contributed by atoms with Gasteiger partial charge in [0, 0.05) is 21.5 Å². The van der Waals surface area contributed by atoms with Gasteiger partial charge in [0.25, 0.3) is 5.91 Å². The van der Waals surface area contributed by atoms with Gasteiger partial charge >= 0.3 is 0 Å². The van der Waals surface area contributed by atoms with Gasteiger partial charge in [0.05, 0.1) is 6.67 Å². The van der Waals surface area contributed by atoms with E-state index in [0.717, 1.165) is 24.0 Å². The minimum atomic E-state index is 0.0307. The van der Waals surface area contributed by atoms with Crippen LogP contribution >= 0.6 is 22.6 Å². The molecule has 20 heavy (non-hydrogen) atoms. The average Bonchev–Trinajstić information content (AvgIpc) is 2.86. The van der Waals surface area contributed by atoms with Crippen LogP contribution in [0.2, 0.25) is 0 Å². The maximum atomic E-state index is 12.4. The number of halogens is 1. The second kappa shape index (κ2) is 6.58. The van der Waals surface area contributed by atoms with Gasteiger partial charge in [-0.2, -0.15) is 0 Å². The van der Waals surface area contributed by atoms with Crippen molar-refractivity contribution in [2.24, 2.45) is 0 Å². The SMILES string of the molecule is CCN(CC)CN(C)C(=O)c1cc2cc(I)ccc2[nH]1. The molecule has 0 bridgehead atoms. The Balaban J connectivity index is 2.18. The van der Waals surface area contributed by atoms with Crippen LogP contribution in [0.1, 0.15) is 24.3 Å². The summed E-state index contributed by atoms with van der Waals surface area (Å²) in [5.74, 6) is 0.0307. The highest BCUT2D eigenvalue weighted by molar-refractivity contribution is 14.1. The zero-order valence-electron chi connectivity index (χ0n) is 12.1.